The molecule has 0 spiro atoms. The van der Waals surface area contributed by atoms with Gasteiger partial charge in [-0.3, -0.25) is 9.69 Å². The van der Waals surface area contributed by atoms with Crippen LogP contribution in [-0.4, -0.2) is 59.1 Å². The first-order chi connectivity index (χ1) is 14.1. The quantitative estimate of drug-likeness (QED) is 0.640. The summed E-state index contributed by atoms with van der Waals surface area (Å²) in [6, 6.07) is 14.6. The monoisotopic (exact) mass is 412 g/mol. The van der Waals surface area contributed by atoms with Crippen LogP contribution in [0, 0.1) is 0 Å². The lowest BCUT2D eigenvalue weighted by atomic mass is 10.2. The van der Waals surface area contributed by atoms with Gasteiger partial charge in [0, 0.05) is 36.8 Å². The molecular weight excluding hydrogens is 392 g/mol. The summed E-state index contributed by atoms with van der Waals surface area (Å²) in [6.45, 7) is 3.33. The molecule has 0 atom stereocenters. The van der Waals surface area contributed by atoms with Gasteiger partial charge in [0.05, 0.1) is 19.2 Å². The number of halogens is 1. The Morgan fingerprint density at radius 3 is 2.55 bits per heavy atom. The van der Waals surface area contributed by atoms with Crippen LogP contribution in [0.15, 0.2) is 53.1 Å². The molecule has 0 bridgehead atoms. The molecular formula is C21H21ClN4O3. The van der Waals surface area contributed by atoms with Gasteiger partial charge in [0.25, 0.3) is 5.91 Å². The first kappa shape index (κ1) is 19.4. The molecule has 0 N–H and O–H groups in total. The number of methoxy groups -OCH3 is 1. The van der Waals surface area contributed by atoms with Crippen LogP contribution in [0.5, 0.6) is 5.75 Å². The third kappa shape index (κ3) is 4.41. The molecule has 0 aliphatic carbocycles. The van der Waals surface area contributed by atoms with Crippen LogP contribution >= 0.6 is 11.6 Å². The number of amides is 1. The second-order valence-electron chi connectivity index (χ2n) is 6.79. The van der Waals surface area contributed by atoms with Crippen LogP contribution < -0.4 is 4.74 Å². The minimum absolute atomic E-state index is 0.0255. The Labute approximate surface area is 173 Å². The first-order valence-corrected chi connectivity index (χ1v) is 9.75. The molecule has 0 radical (unpaired) electrons. The number of rotatable bonds is 5. The van der Waals surface area contributed by atoms with Crippen molar-refractivity contribution in [3.63, 3.8) is 0 Å². The van der Waals surface area contributed by atoms with Gasteiger partial charge in [-0.15, -0.1) is 0 Å². The highest BCUT2D eigenvalue weighted by Crippen LogP contribution is 2.27. The standard InChI is InChI=1S/C21H21ClN4O3/c1-28-18-5-3-2-4-17(18)20-23-19(29-24-20)14-25-10-12-26(13-11-25)21(27)15-6-8-16(22)9-7-15/h2-9H,10-14H2,1H3. The highest BCUT2D eigenvalue weighted by Gasteiger charge is 2.23. The molecule has 2 heterocycles. The number of aromatic nitrogens is 2. The van der Waals surface area contributed by atoms with Crippen molar-refractivity contribution in [1.82, 2.24) is 19.9 Å². The van der Waals surface area contributed by atoms with E-state index in [2.05, 4.69) is 15.0 Å². The van der Waals surface area contributed by atoms with E-state index in [9.17, 15) is 4.79 Å². The van der Waals surface area contributed by atoms with E-state index in [1.807, 2.05) is 29.2 Å². The molecule has 150 valence electrons. The fourth-order valence-electron chi connectivity index (χ4n) is 3.33. The van der Waals surface area contributed by atoms with Crippen molar-refractivity contribution in [3.8, 4) is 17.1 Å². The normalized spacial score (nSPS) is 14.8. The average molecular weight is 413 g/mol. The first-order valence-electron chi connectivity index (χ1n) is 9.37. The molecule has 1 amide bonds. The lowest BCUT2D eigenvalue weighted by Crippen LogP contribution is -2.48. The van der Waals surface area contributed by atoms with Crippen molar-refractivity contribution in [1.29, 1.82) is 0 Å². The molecule has 1 aliphatic rings. The van der Waals surface area contributed by atoms with Crippen LogP contribution in [0.4, 0.5) is 0 Å². The average Bonchev–Trinajstić information content (AvgIpc) is 3.22. The highest BCUT2D eigenvalue weighted by molar-refractivity contribution is 6.30. The van der Waals surface area contributed by atoms with Gasteiger partial charge in [-0.05, 0) is 36.4 Å². The second kappa shape index (κ2) is 8.63. The molecule has 7 nitrogen and oxygen atoms in total. The zero-order valence-corrected chi connectivity index (χ0v) is 16.8. The summed E-state index contributed by atoms with van der Waals surface area (Å²) in [6.07, 6.45) is 0. The summed E-state index contributed by atoms with van der Waals surface area (Å²) < 4.78 is 10.8. The van der Waals surface area contributed by atoms with E-state index in [1.165, 1.54) is 0 Å². The summed E-state index contributed by atoms with van der Waals surface area (Å²) in [5, 5.41) is 4.71. The summed E-state index contributed by atoms with van der Waals surface area (Å²) in [7, 11) is 1.62. The van der Waals surface area contributed by atoms with E-state index >= 15 is 0 Å². The molecule has 0 unspecified atom stereocenters. The van der Waals surface area contributed by atoms with Gasteiger partial charge in [-0.2, -0.15) is 4.98 Å². The van der Waals surface area contributed by atoms with Gasteiger partial charge in [-0.25, -0.2) is 0 Å². The molecule has 1 aromatic heterocycles. The molecule has 1 fully saturated rings. The van der Waals surface area contributed by atoms with Crippen molar-refractivity contribution >= 4 is 17.5 Å². The van der Waals surface area contributed by atoms with Crippen LogP contribution in [0.3, 0.4) is 0 Å². The minimum atomic E-state index is 0.0255. The number of piperazine rings is 1. The van der Waals surface area contributed by atoms with Gasteiger partial charge in [-0.1, -0.05) is 28.9 Å². The van der Waals surface area contributed by atoms with Gasteiger partial charge in [0.2, 0.25) is 11.7 Å². The van der Waals surface area contributed by atoms with Crippen molar-refractivity contribution < 1.29 is 14.1 Å². The molecule has 0 saturated carbocycles. The van der Waals surface area contributed by atoms with Crippen LogP contribution in [0.25, 0.3) is 11.4 Å². The molecule has 1 aliphatic heterocycles. The highest BCUT2D eigenvalue weighted by atomic mass is 35.5. The zero-order chi connectivity index (χ0) is 20.2. The lowest BCUT2D eigenvalue weighted by Gasteiger charge is -2.34. The molecule has 4 rings (SSSR count). The van der Waals surface area contributed by atoms with Crippen molar-refractivity contribution in [3.05, 3.63) is 65.0 Å². The van der Waals surface area contributed by atoms with E-state index in [1.54, 1.807) is 31.4 Å². The van der Waals surface area contributed by atoms with E-state index in [-0.39, 0.29) is 5.91 Å². The van der Waals surface area contributed by atoms with E-state index in [4.69, 9.17) is 20.9 Å². The van der Waals surface area contributed by atoms with Crippen molar-refractivity contribution in [2.24, 2.45) is 0 Å². The van der Waals surface area contributed by atoms with E-state index < -0.39 is 0 Å². The van der Waals surface area contributed by atoms with E-state index in [0.29, 0.717) is 47.7 Å². The Hall–Kier alpha value is -2.90. The maximum atomic E-state index is 12.6. The summed E-state index contributed by atoms with van der Waals surface area (Å²) in [4.78, 5) is 21.2. The Morgan fingerprint density at radius 1 is 1.10 bits per heavy atom. The number of benzene rings is 2. The van der Waals surface area contributed by atoms with Crippen molar-refractivity contribution in [2.75, 3.05) is 33.3 Å². The zero-order valence-electron chi connectivity index (χ0n) is 16.0. The smallest absolute Gasteiger partial charge is 0.253 e. The number of para-hydroxylation sites is 1. The number of hydrogen-bond donors (Lipinski definition) is 0. The molecule has 2 aromatic carbocycles. The molecule has 8 heteroatoms. The van der Waals surface area contributed by atoms with Crippen molar-refractivity contribution in [2.45, 2.75) is 6.54 Å². The van der Waals surface area contributed by atoms with Gasteiger partial charge < -0.3 is 14.2 Å². The Bertz CT molecular complexity index is 982. The third-order valence-electron chi connectivity index (χ3n) is 4.93. The summed E-state index contributed by atoms with van der Waals surface area (Å²) >= 11 is 5.90. The maximum absolute atomic E-state index is 12.6. The SMILES string of the molecule is COc1ccccc1-c1noc(CN2CCN(C(=O)c3ccc(Cl)cc3)CC2)n1. The lowest BCUT2D eigenvalue weighted by molar-refractivity contribution is 0.0615. The summed E-state index contributed by atoms with van der Waals surface area (Å²) in [5.41, 5.74) is 1.45. The van der Waals surface area contributed by atoms with Gasteiger partial charge in [0.1, 0.15) is 5.75 Å². The number of ether oxygens (including phenoxy) is 1. The molecule has 3 aromatic rings. The van der Waals surface area contributed by atoms with Crippen LogP contribution in [0.1, 0.15) is 16.2 Å². The number of nitrogens with zero attached hydrogens (tertiary/aromatic N) is 4. The van der Waals surface area contributed by atoms with Gasteiger partial charge >= 0.3 is 0 Å². The predicted molar refractivity (Wildman–Crippen MR) is 109 cm³/mol. The Balaban J connectivity index is 1.35. The number of carbonyl (C=O) groups is 1. The fraction of sp³-hybridized carbons (Fsp3) is 0.286. The molecule has 1 saturated heterocycles. The minimum Gasteiger partial charge on any atom is -0.496 e. The largest absolute Gasteiger partial charge is 0.496 e. The maximum Gasteiger partial charge on any atom is 0.253 e. The van der Waals surface area contributed by atoms with Crippen LogP contribution in [0.2, 0.25) is 5.02 Å². The predicted octanol–water partition coefficient (Wildman–Crippen LogP) is 3.36. The van der Waals surface area contributed by atoms with Crippen LogP contribution in [-0.2, 0) is 6.54 Å². The molecule has 29 heavy (non-hydrogen) atoms. The number of carbonyl (C=O) groups excluding carboxylic acids is 1. The second-order valence-corrected chi connectivity index (χ2v) is 7.22. The Kier molecular flexibility index (Phi) is 5.78. The van der Waals surface area contributed by atoms with Gasteiger partial charge in [0.15, 0.2) is 0 Å². The van der Waals surface area contributed by atoms with E-state index in [0.717, 1.165) is 18.7 Å². The Morgan fingerprint density at radius 2 is 1.83 bits per heavy atom. The number of hydrogen-bond acceptors (Lipinski definition) is 6. The topological polar surface area (TPSA) is 71.7 Å². The summed E-state index contributed by atoms with van der Waals surface area (Å²) in [5.74, 6) is 1.78. The fourth-order valence-corrected chi connectivity index (χ4v) is 3.46. The third-order valence-corrected chi connectivity index (χ3v) is 5.18.